The highest BCUT2D eigenvalue weighted by molar-refractivity contribution is 7.71. The number of pyridine rings is 2. The quantitative estimate of drug-likeness (QED) is 0.749. The molecule has 3 rings (SSSR count). The predicted octanol–water partition coefficient (Wildman–Crippen LogP) is 2.74. The summed E-state index contributed by atoms with van der Waals surface area (Å²) in [7, 11) is 1.60. The number of rotatable bonds is 4. The van der Waals surface area contributed by atoms with Crippen LogP contribution in [0.4, 0.5) is 0 Å². The Morgan fingerprint density at radius 3 is 2.95 bits per heavy atom. The number of aromatic amines is 1. The van der Waals surface area contributed by atoms with Gasteiger partial charge in [0, 0.05) is 30.9 Å². The number of hydrogen-bond acceptors (Lipinski definition) is 4. The molecule has 0 aliphatic heterocycles. The number of aryl methyl sites for hydroxylation is 2. The van der Waals surface area contributed by atoms with E-state index in [1.807, 2.05) is 34.9 Å². The molecule has 0 atom stereocenters. The molecule has 0 fully saturated rings. The van der Waals surface area contributed by atoms with E-state index in [-0.39, 0.29) is 0 Å². The third-order valence-corrected chi connectivity index (χ3v) is 3.44. The number of nitrogens with zero attached hydrogens (tertiary/aromatic N) is 3. The number of ether oxygens (including phenoxy) is 1. The van der Waals surface area contributed by atoms with Gasteiger partial charge in [-0.2, -0.15) is 4.98 Å². The molecule has 0 bridgehead atoms. The molecule has 0 amide bonds. The summed E-state index contributed by atoms with van der Waals surface area (Å²) >= 11 is 5.35. The second kappa shape index (κ2) is 5.42. The maximum atomic E-state index is 5.35. The van der Waals surface area contributed by atoms with Crippen LogP contribution in [0.3, 0.4) is 0 Å². The van der Waals surface area contributed by atoms with Crippen LogP contribution in [0, 0.1) is 4.77 Å². The summed E-state index contributed by atoms with van der Waals surface area (Å²) in [6, 6.07) is 9.64. The molecule has 0 aliphatic carbocycles. The minimum Gasteiger partial charge on any atom is -0.481 e. The van der Waals surface area contributed by atoms with Crippen molar-refractivity contribution < 1.29 is 4.74 Å². The highest BCUT2D eigenvalue weighted by atomic mass is 32.1. The first-order valence-corrected chi connectivity index (χ1v) is 6.72. The standard InChI is InChI=1S/C14H14N4OS/c1-19-12-6-5-11-13(17-12)18(14(20)16-11)9-7-10-4-2-3-8-15-10/h2-6,8H,7,9H2,1H3,(H,16,20). The summed E-state index contributed by atoms with van der Waals surface area (Å²) < 4.78 is 7.80. The van der Waals surface area contributed by atoms with Crippen molar-refractivity contribution in [2.24, 2.45) is 0 Å². The molecule has 0 aromatic carbocycles. The zero-order chi connectivity index (χ0) is 13.9. The van der Waals surface area contributed by atoms with Gasteiger partial charge in [0.25, 0.3) is 0 Å². The van der Waals surface area contributed by atoms with Crippen LogP contribution >= 0.6 is 12.2 Å². The molecule has 1 N–H and O–H groups in total. The van der Waals surface area contributed by atoms with Crippen LogP contribution in [0.5, 0.6) is 5.88 Å². The van der Waals surface area contributed by atoms with Crippen molar-refractivity contribution in [3.05, 3.63) is 47.0 Å². The van der Waals surface area contributed by atoms with Gasteiger partial charge in [-0.15, -0.1) is 0 Å². The third kappa shape index (κ3) is 2.42. The van der Waals surface area contributed by atoms with Gasteiger partial charge in [0.2, 0.25) is 5.88 Å². The van der Waals surface area contributed by atoms with Crippen LogP contribution in [0.1, 0.15) is 5.69 Å². The van der Waals surface area contributed by atoms with Crippen LogP contribution in [0.15, 0.2) is 36.5 Å². The monoisotopic (exact) mass is 286 g/mol. The normalized spacial score (nSPS) is 10.8. The second-order valence-corrected chi connectivity index (χ2v) is 4.76. The Balaban J connectivity index is 1.94. The first-order valence-electron chi connectivity index (χ1n) is 6.31. The average Bonchev–Trinajstić information content (AvgIpc) is 2.80. The molecule has 0 spiro atoms. The van der Waals surface area contributed by atoms with Crippen LogP contribution in [-0.4, -0.2) is 26.6 Å². The van der Waals surface area contributed by atoms with Crippen molar-refractivity contribution in [1.29, 1.82) is 0 Å². The molecule has 20 heavy (non-hydrogen) atoms. The van der Waals surface area contributed by atoms with E-state index in [0.29, 0.717) is 10.7 Å². The fourth-order valence-corrected chi connectivity index (χ4v) is 2.39. The fraction of sp³-hybridized carbons (Fsp3) is 0.214. The summed E-state index contributed by atoms with van der Waals surface area (Å²) in [5.74, 6) is 0.582. The van der Waals surface area contributed by atoms with Gasteiger partial charge in [-0.3, -0.25) is 4.98 Å². The van der Waals surface area contributed by atoms with E-state index < -0.39 is 0 Å². The van der Waals surface area contributed by atoms with Gasteiger partial charge in [0.1, 0.15) is 0 Å². The van der Waals surface area contributed by atoms with E-state index in [1.165, 1.54) is 0 Å². The van der Waals surface area contributed by atoms with Crippen LogP contribution in [0.25, 0.3) is 11.2 Å². The predicted molar refractivity (Wildman–Crippen MR) is 79.4 cm³/mol. The lowest BCUT2D eigenvalue weighted by molar-refractivity contribution is 0.399. The lowest BCUT2D eigenvalue weighted by atomic mass is 10.3. The molecule has 5 nitrogen and oxygen atoms in total. The van der Waals surface area contributed by atoms with E-state index >= 15 is 0 Å². The number of hydrogen-bond donors (Lipinski definition) is 1. The summed E-state index contributed by atoms with van der Waals surface area (Å²) in [5.41, 5.74) is 2.76. The van der Waals surface area contributed by atoms with Crippen molar-refractivity contribution in [2.45, 2.75) is 13.0 Å². The molecule has 3 heterocycles. The zero-order valence-corrected chi connectivity index (χ0v) is 11.9. The minimum absolute atomic E-state index is 0.582. The molecule has 102 valence electrons. The van der Waals surface area contributed by atoms with Gasteiger partial charge < -0.3 is 14.3 Å². The maximum Gasteiger partial charge on any atom is 0.215 e. The molecule has 6 heteroatoms. The smallest absolute Gasteiger partial charge is 0.215 e. The molecule has 0 radical (unpaired) electrons. The van der Waals surface area contributed by atoms with E-state index in [0.717, 1.165) is 29.8 Å². The highest BCUT2D eigenvalue weighted by Gasteiger charge is 2.07. The van der Waals surface area contributed by atoms with E-state index in [2.05, 4.69) is 15.0 Å². The first kappa shape index (κ1) is 12.8. The van der Waals surface area contributed by atoms with Crippen LogP contribution < -0.4 is 4.74 Å². The fourth-order valence-electron chi connectivity index (χ4n) is 2.11. The largest absolute Gasteiger partial charge is 0.481 e. The Morgan fingerprint density at radius 2 is 2.20 bits per heavy atom. The lowest BCUT2D eigenvalue weighted by Gasteiger charge is -2.04. The zero-order valence-electron chi connectivity index (χ0n) is 11.0. The van der Waals surface area contributed by atoms with Gasteiger partial charge in [0.15, 0.2) is 10.4 Å². The van der Waals surface area contributed by atoms with E-state index in [4.69, 9.17) is 17.0 Å². The molecule has 0 saturated heterocycles. The van der Waals surface area contributed by atoms with E-state index in [9.17, 15) is 0 Å². The molecular weight excluding hydrogens is 272 g/mol. The summed E-state index contributed by atoms with van der Waals surface area (Å²) in [5, 5.41) is 0. The molecule has 3 aromatic heterocycles. The van der Waals surface area contributed by atoms with Crippen LogP contribution in [-0.2, 0) is 13.0 Å². The van der Waals surface area contributed by atoms with Gasteiger partial charge >= 0.3 is 0 Å². The molecule has 0 aliphatic rings. The number of fused-ring (bicyclic) bond motifs is 1. The Labute approximate surface area is 121 Å². The number of imidazole rings is 1. The molecule has 3 aromatic rings. The Morgan fingerprint density at radius 1 is 1.30 bits per heavy atom. The highest BCUT2D eigenvalue weighted by Crippen LogP contribution is 2.16. The van der Waals surface area contributed by atoms with Crippen molar-refractivity contribution in [1.82, 2.24) is 19.5 Å². The average molecular weight is 286 g/mol. The summed E-state index contributed by atoms with van der Waals surface area (Å²) in [6.07, 6.45) is 2.60. The summed E-state index contributed by atoms with van der Waals surface area (Å²) in [6.45, 7) is 0.732. The van der Waals surface area contributed by atoms with Crippen molar-refractivity contribution in [3.63, 3.8) is 0 Å². The summed E-state index contributed by atoms with van der Waals surface area (Å²) in [4.78, 5) is 11.9. The topological polar surface area (TPSA) is 55.7 Å². The molecule has 0 unspecified atom stereocenters. The Hall–Kier alpha value is -2.21. The number of aromatic nitrogens is 4. The van der Waals surface area contributed by atoms with E-state index in [1.54, 1.807) is 13.3 Å². The van der Waals surface area contributed by atoms with Gasteiger partial charge in [-0.05, 0) is 30.4 Å². The van der Waals surface area contributed by atoms with Crippen molar-refractivity contribution in [2.75, 3.05) is 7.11 Å². The number of nitrogens with one attached hydrogen (secondary N) is 1. The maximum absolute atomic E-state index is 5.35. The number of H-pyrrole nitrogens is 1. The SMILES string of the molecule is COc1ccc2[nH]c(=S)n(CCc3ccccn3)c2n1. The van der Waals surface area contributed by atoms with Crippen molar-refractivity contribution >= 4 is 23.4 Å². The molecule has 0 saturated carbocycles. The third-order valence-electron chi connectivity index (χ3n) is 3.12. The van der Waals surface area contributed by atoms with Gasteiger partial charge in [-0.25, -0.2) is 0 Å². The molecular formula is C14H14N4OS. The second-order valence-electron chi connectivity index (χ2n) is 4.38. The van der Waals surface area contributed by atoms with Crippen LogP contribution in [0.2, 0.25) is 0 Å². The Kier molecular flexibility index (Phi) is 3.47. The van der Waals surface area contributed by atoms with Crippen molar-refractivity contribution in [3.8, 4) is 5.88 Å². The van der Waals surface area contributed by atoms with Gasteiger partial charge in [0.05, 0.1) is 12.6 Å². The minimum atomic E-state index is 0.582. The Bertz CT molecular complexity index is 779. The lowest BCUT2D eigenvalue weighted by Crippen LogP contribution is -2.03. The first-order chi connectivity index (χ1) is 9.78. The van der Waals surface area contributed by atoms with Gasteiger partial charge in [-0.1, -0.05) is 6.07 Å². The number of methoxy groups -OCH3 is 1.